The Morgan fingerprint density at radius 3 is 2.85 bits per heavy atom. The number of hydrogen-bond acceptors (Lipinski definition) is 3. The van der Waals surface area contributed by atoms with Gasteiger partial charge in [0.2, 0.25) is 0 Å². The van der Waals surface area contributed by atoms with Crippen LogP contribution >= 0.6 is 35.6 Å². The molecule has 0 bridgehead atoms. The van der Waals surface area contributed by atoms with Crippen LogP contribution in [0.25, 0.3) is 0 Å². The van der Waals surface area contributed by atoms with Crippen molar-refractivity contribution in [2.24, 2.45) is 0 Å². The molecule has 0 saturated carbocycles. The van der Waals surface area contributed by atoms with E-state index in [1.165, 1.54) is 6.42 Å². The first-order chi connectivity index (χ1) is 9.15. The molecule has 0 radical (unpaired) electrons. The van der Waals surface area contributed by atoms with E-state index < -0.39 is 0 Å². The Hall–Kier alpha value is -0.680. The van der Waals surface area contributed by atoms with Gasteiger partial charge in [0.1, 0.15) is 5.75 Å². The molecule has 1 heterocycles. The van der Waals surface area contributed by atoms with E-state index in [1.54, 1.807) is 18.2 Å². The number of nitrogens with one attached hydrogen (secondary N) is 2. The zero-order valence-electron chi connectivity index (χ0n) is 10.8. The van der Waals surface area contributed by atoms with Crippen molar-refractivity contribution >= 4 is 41.5 Å². The molecule has 1 aromatic carbocycles. The number of carbonyl (C=O) groups excluding carboxylic acids is 1. The topological polar surface area (TPSA) is 50.4 Å². The Kier molecular flexibility index (Phi) is 7.45. The summed E-state index contributed by atoms with van der Waals surface area (Å²) in [6.45, 7) is 1.65. The van der Waals surface area contributed by atoms with Gasteiger partial charge in [-0.05, 0) is 31.5 Å². The van der Waals surface area contributed by atoms with Crippen molar-refractivity contribution in [1.82, 2.24) is 10.6 Å². The second-order valence-electron chi connectivity index (χ2n) is 4.46. The van der Waals surface area contributed by atoms with Gasteiger partial charge in [-0.3, -0.25) is 4.79 Å². The van der Waals surface area contributed by atoms with Crippen LogP contribution in [-0.4, -0.2) is 31.6 Å². The molecular weight excluding hydrogens is 323 g/mol. The summed E-state index contributed by atoms with van der Waals surface area (Å²) in [7, 11) is 0. The van der Waals surface area contributed by atoms with Crippen molar-refractivity contribution < 1.29 is 9.53 Å². The first-order valence-electron chi connectivity index (χ1n) is 6.23. The van der Waals surface area contributed by atoms with E-state index in [0.717, 1.165) is 13.0 Å². The minimum atomic E-state index is -0.139. The maximum atomic E-state index is 11.6. The molecule has 0 aliphatic carbocycles. The van der Waals surface area contributed by atoms with Crippen LogP contribution in [0.5, 0.6) is 5.75 Å². The predicted octanol–water partition coefficient (Wildman–Crippen LogP) is 2.66. The van der Waals surface area contributed by atoms with Crippen molar-refractivity contribution in [1.29, 1.82) is 0 Å². The summed E-state index contributed by atoms with van der Waals surface area (Å²) < 4.78 is 5.34. The lowest BCUT2D eigenvalue weighted by atomic mass is 10.2. The molecule has 7 heteroatoms. The van der Waals surface area contributed by atoms with Crippen molar-refractivity contribution in [2.75, 3.05) is 19.7 Å². The van der Waals surface area contributed by atoms with Gasteiger partial charge >= 0.3 is 0 Å². The van der Waals surface area contributed by atoms with Gasteiger partial charge in [-0.25, -0.2) is 0 Å². The molecule has 2 rings (SSSR count). The highest BCUT2D eigenvalue weighted by Gasteiger charge is 2.14. The monoisotopic (exact) mass is 338 g/mol. The molecule has 20 heavy (non-hydrogen) atoms. The van der Waals surface area contributed by atoms with Crippen LogP contribution in [-0.2, 0) is 4.79 Å². The summed E-state index contributed by atoms with van der Waals surface area (Å²) in [5, 5.41) is 7.02. The van der Waals surface area contributed by atoms with Crippen LogP contribution in [0.1, 0.15) is 12.8 Å². The Balaban J connectivity index is 0.00000200. The summed E-state index contributed by atoms with van der Waals surface area (Å²) in [5.74, 6) is 0.392. The molecule has 1 aliphatic rings. The van der Waals surface area contributed by atoms with Crippen LogP contribution in [0.4, 0.5) is 0 Å². The van der Waals surface area contributed by atoms with Gasteiger partial charge in [-0.15, -0.1) is 12.4 Å². The summed E-state index contributed by atoms with van der Waals surface area (Å²) in [6, 6.07) is 5.30. The largest absolute Gasteiger partial charge is 0.484 e. The van der Waals surface area contributed by atoms with Gasteiger partial charge in [0.25, 0.3) is 5.91 Å². The molecule has 1 aliphatic heterocycles. The van der Waals surface area contributed by atoms with Crippen LogP contribution in [0.2, 0.25) is 10.0 Å². The third-order valence-corrected chi connectivity index (χ3v) is 3.71. The van der Waals surface area contributed by atoms with Gasteiger partial charge in [-0.2, -0.15) is 0 Å². The minimum absolute atomic E-state index is 0. The first-order valence-corrected chi connectivity index (χ1v) is 6.98. The van der Waals surface area contributed by atoms with Crippen LogP contribution in [0, 0.1) is 0 Å². The summed E-state index contributed by atoms with van der Waals surface area (Å²) >= 11 is 11.6. The lowest BCUT2D eigenvalue weighted by molar-refractivity contribution is -0.123. The number of halogens is 3. The molecule has 1 unspecified atom stereocenters. The molecule has 1 saturated heterocycles. The van der Waals surface area contributed by atoms with Gasteiger partial charge in [-0.1, -0.05) is 23.2 Å². The normalized spacial score (nSPS) is 17.4. The van der Waals surface area contributed by atoms with Crippen LogP contribution in [0.3, 0.4) is 0 Å². The predicted molar refractivity (Wildman–Crippen MR) is 83.2 cm³/mol. The Morgan fingerprint density at radius 2 is 2.20 bits per heavy atom. The second kappa shape index (κ2) is 8.57. The molecule has 0 aromatic heterocycles. The highest BCUT2D eigenvalue weighted by molar-refractivity contribution is 6.42. The fraction of sp³-hybridized carbons (Fsp3) is 0.462. The number of ether oxygens (including phenoxy) is 1. The molecular formula is C13H17Cl3N2O2. The van der Waals surface area contributed by atoms with Gasteiger partial charge in [0, 0.05) is 18.7 Å². The van der Waals surface area contributed by atoms with Crippen LogP contribution in [0.15, 0.2) is 18.2 Å². The van der Waals surface area contributed by atoms with E-state index in [-0.39, 0.29) is 24.9 Å². The van der Waals surface area contributed by atoms with E-state index >= 15 is 0 Å². The zero-order valence-corrected chi connectivity index (χ0v) is 13.2. The van der Waals surface area contributed by atoms with Gasteiger partial charge in [0.05, 0.1) is 10.0 Å². The second-order valence-corrected chi connectivity index (χ2v) is 5.28. The highest BCUT2D eigenvalue weighted by atomic mass is 35.5. The number of hydrogen-bond donors (Lipinski definition) is 2. The van der Waals surface area contributed by atoms with Gasteiger partial charge < -0.3 is 15.4 Å². The smallest absolute Gasteiger partial charge is 0.257 e. The van der Waals surface area contributed by atoms with Crippen molar-refractivity contribution in [3.05, 3.63) is 28.2 Å². The lowest BCUT2D eigenvalue weighted by Gasteiger charge is -2.12. The minimum Gasteiger partial charge on any atom is -0.484 e. The SMILES string of the molecule is Cl.O=C(COc1ccc(Cl)c(Cl)c1)NCC1CCCN1. The Morgan fingerprint density at radius 1 is 1.40 bits per heavy atom. The highest BCUT2D eigenvalue weighted by Crippen LogP contribution is 2.26. The summed E-state index contributed by atoms with van der Waals surface area (Å²) in [5.41, 5.74) is 0. The first kappa shape index (κ1) is 17.4. The fourth-order valence-corrected chi connectivity index (χ4v) is 2.22. The molecule has 1 fully saturated rings. The number of benzene rings is 1. The van der Waals surface area contributed by atoms with E-state index in [0.29, 0.717) is 28.4 Å². The van der Waals surface area contributed by atoms with Gasteiger partial charge in [0.15, 0.2) is 6.61 Å². The van der Waals surface area contributed by atoms with E-state index in [9.17, 15) is 4.79 Å². The zero-order chi connectivity index (χ0) is 13.7. The molecule has 0 spiro atoms. The standard InChI is InChI=1S/C13H16Cl2N2O2.ClH/c14-11-4-3-10(6-12(11)15)19-8-13(18)17-7-9-2-1-5-16-9;/h3-4,6,9,16H,1-2,5,7-8H2,(H,17,18);1H. The third-order valence-electron chi connectivity index (χ3n) is 2.97. The Labute approximate surface area is 134 Å². The summed E-state index contributed by atoms with van der Waals surface area (Å²) in [6.07, 6.45) is 2.27. The molecule has 2 N–H and O–H groups in total. The molecule has 1 aromatic rings. The maximum absolute atomic E-state index is 11.6. The quantitative estimate of drug-likeness (QED) is 0.867. The van der Waals surface area contributed by atoms with Crippen molar-refractivity contribution in [3.8, 4) is 5.75 Å². The molecule has 112 valence electrons. The van der Waals surface area contributed by atoms with Crippen molar-refractivity contribution in [2.45, 2.75) is 18.9 Å². The molecule has 1 atom stereocenters. The Bertz CT molecular complexity index is 451. The number of amides is 1. The lowest BCUT2D eigenvalue weighted by Crippen LogP contribution is -2.39. The van der Waals surface area contributed by atoms with E-state index in [1.807, 2.05) is 0 Å². The van der Waals surface area contributed by atoms with E-state index in [4.69, 9.17) is 27.9 Å². The van der Waals surface area contributed by atoms with Crippen molar-refractivity contribution in [3.63, 3.8) is 0 Å². The molecule has 4 nitrogen and oxygen atoms in total. The third kappa shape index (κ3) is 5.37. The maximum Gasteiger partial charge on any atom is 0.257 e. The summed E-state index contributed by atoms with van der Waals surface area (Å²) in [4.78, 5) is 11.6. The average Bonchev–Trinajstić information content (AvgIpc) is 2.91. The van der Waals surface area contributed by atoms with E-state index in [2.05, 4.69) is 10.6 Å². The fourth-order valence-electron chi connectivity index (χ4n) is 1.93. The van der Waals surface area contributed by atoms with Crippen LogP contribution < -0.4 is 15.4 Å². The number of carbonyl (C=O) groups is 1. The average molecular weight is 340 g/mol. The number of rotatable bonds is 5. The molecule has 1 amide bonds.